The topological polar surface area (TPSA) is 0 Å². The molecular formula is C14H11Br2Cl. The number of hydrogen-bond donors (Lipinski definition) is 0. The summed E-state index contributed by atoms with van der Waals surface area (Å²) in [6.07, 6.45) is 8.60. The van der Waals surface area contributed by atoms with Gasteiger partial charge in [0.2, 0.25) is 0 Å². The monoisotopic (exact) mass is 372 g/mol. The molecule has 3 heteroatoms. The van der Waals surface area contributed by atoms with Gasteiger partial charge < -0.3 is 0 Å². The third-order valence-corrected chi connectivity index (χ3v) is 6.07. The van der Waals surface area contributed by atoms with E-state index in [1.807, 2.05) is 6.07 Å². The van der Waals surface area contributed by atoms with Crippen LogP contribution in [-0.4, -0.2) is 0 Å². The van der Waals surface area contributed by atoms with Crippen LogP contribution in [0.15, 0.2) is 48.6 Å². The van der Waals surface area contributed by atoms with Crippen LogP contribution in [0, 0.1) is 11.8 Å². The van der Waals surface area contributed by atoms with Crippen LogP contribution >= 0.6 is 43.5 Å². The second-order valence-electron chi connectivity index (χ2n) is 4.48. The van der Waals surface area contributed by atoms with Gasteiger partial charge in [-0.1, -0.05) is 80.4 Å². The summed E-state index contributed by atoms with van der Waals surface area (Å²) in [4.78, 5) is 0.328. The van der Waals surface area contributed by atoms with Gasteiger partial charge in [0.15, 0.2) is 0 Å². The van der Waals surface area contributed by atoms with Crippen molar-refractivity contribution in [1.82, 2.24) is 0 Å². The van der Waals surface area contributed by atoms with Gasteiger partial charge in [-0.3, -0.25) is 0 Å². The first-order valence-electron chi connectivity index (χ1n) is 5.58. The lowest BCUT2D eigenvalue weighted by Crippen LogP contribution is -2.36. The Morgan fingerprint density at radius 3 is 2.65 bits per heavy atom. The lowest BCUT2D eigenvalue weighted by molar-refractivity contribution is 0.405. The maximum atomic E-state index is 6.75. The van der Waals surface area contributed by atoms with Gasteiger partial charge in [0.1, 0.15) is 3.78 Å². The highest BCUT2D eigenvalue weighted by Gasteiger charge is 2.47. The molecule has 17 heavy (non-hydrogen) atoms. The Hall–Kier alpha value is -0.0500. The number of allylic oxidation sites excluding steroid dienone is 4. The molecular weight excluding hydrogens is 363 g/mol. The van der Waals surface area contributed by atoms with Gasteiger partial charge in [-0.05, 0) is 11.1 Å². The smallest absolute Gasteiger partial charge is 0.101 e. The van der Waals surface area contributed by atoms with Crippen LogP contribution in [0.5, 0.6) is 0 Å². The van der Waals surface area contributed by atoms with Gasteiger partial charge in [-0.15, -0.1) is 11.6 Å². The fourth-order valence-electron chi connectivity index (χ4n) is 2.69. The largest absolute Gasteiger partial charge is 0.131 e. The van der Waals surface area contributed by atoms with Crippen molar-refractivity contribution in [2.75, 3.05) is 0 Å². The van der Waals surface area contributed by atoms with Crippen molar-refractivity contribution in [3.63, 3.8) is 0 Å². The van der Waals surface area contributed by atoms with Crippen molar-refractivity contribution in [2.45, 2.75) is 8.61 Å². The molecule has 0 saturated heterocycles. The van der Waals surface area contributed by atoms with E-state index in [0.29, 0.717) is 10.7 Å². The first kappa shape index (κ1) is 12.0. The molecule has 0 radical (unpaired) electrons. The van der Waals surface area contributed by atoms with Crippen LogP contribution in [0.25, 0.3) is 0 Å². The summed E-state index contributed by atoms with van der Waals surface area (Å²) < 4.78 is -0.500. The molecule has 0 bridgehead atoms. The molecule has 0 unspecified atom stereocenters. The van der Waals surface area contributed by atoms with Gasteiger partial charge in [0, 0.05) is 16.7 Å². The number of rotatable bonds is 0. The molecule has 3 rings (SSSR count). The summed E-state index contributed by atoms with van der Waals surface area (Å²) in [7, 11) is 0. The summed E-state index contributed by atoms with van der Waals surface area (Å²) in [5.74, 6) is 0.667. The van der Waals surface area contributed by atoms with E-state index in [1.165, 1.54) is 11.1 Å². The van der Waals surface area contributed by atoms with Crippen LogP contribution in [0.2, 0.25) is 0 Å². The van der Waals surface area contributed by atoms with Crippen molar-refractivity contribution >= 4 is 43.5 Å². The standard InChI is InChI=1S/C14H11Br2Cl/c15-13-9-5-1-3-7-11(9)14(16,17)12-8-4-2-6-10(12)13/h1-9,11,13H/t9-,11+,13-,14+/m0/s1. The van der Waals surface area contributed by atoms with Crippen molar-refractivity contribution in [3.05, 3.63) is 59.7 Å². The first-order valence-corrected chi connectivity index (χ1v) is 7.67. The second kappa shape index (κ2) is 4.25. The summed E-state index contributed by atoms with van der Waals surface area (Å²) in [6, 6.07) is 8.36. The quantitative estimate of drug-likeness (QED) is 0.542. The number of alkyl halides is 3. The van der Waals surface area contributed by atoms with Crippen LogP contribution in [0.1, 0.15) is 16.0 Å². The van der Waals surface area contributed by atoms with E-state index < -0.39 is 3.78 Å². The zero-order valence-electron chi connectivity index (χ0n) is 8.98. The Bertz CT molecular complexity index is 505. The molecule has 0 aliphatic heterocycles. The van der Waals surface area contributed by atoms with Gasteiger partial charge in [0.25, 0.3) is 0 Å². The van der Waals surface area contributed by atoms with E-state index in [1.54, 1.807) is 0 Å². The van der Waals surface area contributed by atoms with Crippen molar-refractivity contribution < 1.29 is 0 Å². The van der Waals surface area contributed by atoms with Crippen molar-refractivity contribution in [2.24, 2.45) is 11.8 Å². The predicted molar refractivity (Wildman–Crippen MR) is 79.8 cm³/mol. The molecule has 0 heterocycles. The van der Waals surface area contributed by atoms with Gasteiger partial charge in [-0.25, -0.2) is 0 Å². The first-order chi connectivity index (χ1) is 8.12. The fraction of sp³-hybridized carbons (Fsp3) is 0.286. The zero-order chi connectivity index (χ0) is 12.0. The minimum Gasteiger partial charge on any atom is -0.101 e. The maximum Gasteiger partial charge on any atom is 0.131 e. The Kier molecular flexibility index (Phi) is 3.00. The Morgan fingerprint density at radius 1 is 1.12 bits per heavy atom. The Labute approximate surface area is 123 Å². The van der Waals surface area contributed by atoms with Crippen molar-refractivity contribution in [3.8, 4) is 0 Å². The van der Waals surface area contributed by atoms with Crippen LogP contribution < -0.4 is 0 Å². The van der Waals surface area contributed by atoms with Crippen LogP contribution in [0.4, 0.5) is 0 Å². The fourth-order valence-corrected chi connectivity index (χ4v) is 4.81. The minimum atomic E-state index is -0.500. The van der Waals surface area contributed by atoms with E-state index in [2.05, 4.69) is 74.4 Å². The summed E-state index contributed by atoms with van der Waals surface area (Å²) in [6.45, 7) is 0. The van der Waals surface area contributed by atoms with Gasteiger partial charge >= 0.3 is 0 Å². The molecule has 0 nitrogen and oxygen atoms in total. The summed E-state index contributed by atoms with van der Waals surface area (Å²) in [5.41, 5.74) is 2.45. The summed E-state index contributed by atoms with van der Waals surface area (Å²) >= 11 is 14.3. The normalized spacial score (nSPS) is 38.6. The third kappa shape index (κ3) is 1.76. The molecule has 0 aromatic heterocycles. The lowest BCUT2D eigenvalue weighted by Gasteiger charge is -2.43. The number of halogens is 3. The minimum absolute atomic E-state index is 0.272. The van der Waals surface area contributed by atoms with Crippen LogP contribution in [0.3, 0.4) is 0 Å². The Morgan fingerprint density at radius 2 is 1.82 bits per heavy atom. The molecule has 0 saturated carbocycles. The van der Waals surface area contributed by atoms with Crippen molar-refractivity contribution in [1.29, 1.82) is 0 Å². The highest BCUT2D eigenvalue weighted by molar-refractivity contribution is 9.10. The lowest BCUT2D eigenvalue weighted by atomic mass is 9.73. The third-order valence-electron chi connectivity index (χ3n) is 3.55. The van der Waals surface area contributed by atoms with E-state index in [0.717, 1.165) is 0 Å². The zero-order valence-corrected chi connectivity index (χ0v) is 12.9. The molecule has 0 N–H and O–H groups in total. The average Bonchev–Trinajstić information content (AvgIpc) is 2.37. The number of benzene rings is 1. The Balaban J connectivity index is 2.21. The molecule has 2 aliphatic carbocycles. The molecule has 0 fully saturated rings. The maximum absolute atomic E-state index is 6.75. The highest BCUT2D eigenvalue weighted by Crippen LogP contribution is 2.58. The van der Waals surface area contributed by atoms with Gasteiger partial charge in [0.05, 0.1) is 0 Å². The SMILES string of the molecule is Cl[C@@]1(Br)c2ccccc2[C@@H](Br)[C@H]2C=CC=C[C@H]21. The molecule has 1 aromatic carbocycles. The summed E-state index contributed by atoms with van der Waals surface area (Å²) in [5, 5.41) is 0. The van der Waals surface area contributed by atoms with E-state index >= 15 is 0 Å². The number of fused-ring (bicyclic) bond motifs is 2. The second-order valence-corrected chi connectivity index (χ2v) is 7.77. The number of hydrogen-bond acceptors (Lipinski definition) is 0. The average molecular weight is 375 g/mol. The van der Waals surface area contributed by atoms with Gasteiger partial charge in [-0.2, -0.15) is 0 Å². The molecule has 0 amide bonds. The molecule has 2 aliphatic rings. The van der Waals surface area contributed by atoms with E-state index in [4.69, 9.17) is 11.6 Å². The van der Waals surface area contributed by atoms with E-state index in [9.17, 15) is 0 Å². The van der Waals surface area contributed by atoms with Crippen LogP contribution in [-0.2, 0) is 3.78 Å². The highest BCUT2D eigenvalue weighted by atomic mass is 79.9. The van der Waals surface area contributed by atoms with E-state index in [-0.39, 0.29) is 5.92 Å². The molecule has 0 spiro atoms. The molecule has 88 valence electrons. The predicted octanol–water partition coefficient (Wildman–Crippen LogP) is 5.28. The molecule has 1 aromatic rings. The molecule has 4 atom stereocenters.